The third-order valence-corrected chi connectivity index (χ3v) is 4.47. The summed E-state index contributed by atoms with van der Waals surface area (Å²) in [6.45, 7) is 5.86. The lowest BCUT2D eigenvalue weighted by molar-refractivity contribution is 0.469. The normalized spacial score (nSPS) is 12.6. The van der Waals surface area contributed by atoms with E-state index in [-0.39, 0.29) is 11.6 Å². The molecule has 0 saturated carbocycles. The van der Waals surface area contributed by atoms with Crippen molar-refractivity contribution in [2.45, 2.75) is 33.2 Å². The number of hydrogen-bond donors (Lipinski definition) is 1. The summed E-state index contributed by atoms with van der Waals surface area (Å²) in [4.78, 5) is 21.6. The van der Waals surface area contributed by atoms with Crippen molar-refractivity contribution in [1.29, 1.82) is 0 Å². The van der Waals surface area contributed by atoms with E-state index in [9.17, 15) is 4.79 Å². The monoisotopic (exact) mass is 348 g/mol. The smallest absolute Gasteiger partial charge is 0.272 e. The first kappa shape index (κ1) is 16.3. The summed E-state index contributed by atoms with van der Waals surface area (Å²) in [6.07, 6.45) is 2.42. The van der Waals surface area contributed by atoms with Crippen molar-refractivity contribution < 1.29 is 0 Å². The summed E-state index contributed by atoms with van der Waals surface area (Å²) < 4.78 is 3.36. The second kappa shape index (κ2) is 6.25. The molecule has 1 aromatic carbocycles. The van der Waals surface area contributed by atoms with Gasteiger partial charge in [0.15, 0.2) is 5.65 Å². The lowest BCUT2D eigenvalue weighted by Gasteiger charge is -2.13. The van der Waals surface area contributed by atoms with Crippen LogP contribution in [0.5, 0.6) is 0 Å². The molecule has 0 spiro atoms. The third kappa shape index (κ3) is 2.81. The van der Waals surface area contributed by atoms with Crippen molar-refractivity contribution in [3.8, 4) is 11.1 Å². The van der Waals surface area contributed by atoms with Gasteiger partial charge in [-0.1, -0.05) is 30.3 Å². The first-order valence-corrected chi connectivity index (χ1v) is 8.58. The Hall–Kier alpha value is -3.22. The quantitative estimate of drug-likeness (QED) is 0.615. The van der Waals surface area contributed by atoms with Crippen LogP contribution in [-0.2, 0) is 6.42 Å². The molecule has 0 saturated heterocycles. The molecule has 26 heavy (non-hydrogen) atoms. The topological polar surface area (TPSA) is 80.9 Å². The molecule has 7 nitrogen and oxygen atoms in total. The van der Waals surface area contributed by atoms with Gasteiger partial charge in [-0.15, -0.1) is 0 Å². The van der Waals surface area contributed by atoms with E-state index in [1.807, 2.05) is 55.1 Å². The molecule has 4 rings (SSSR count). The second-order valence-electron chi connectivity index (χ2n) is 6.50. The predicted octanol–water partition coefficient (Wildman–Crippen LogP) is 2.70. The molecule has 0 aliphatic carbocycles. The SMILES string of the molecule is Cc1nc(C)n([C@@H](C)Cc2cc(=O)n3[nH]cc(-c4ccccc4)c3n2)n1. The summed E-state index contributed by atoms with van der Waals surface area (Å²) >= 11 is 0. The molecular formula is C19H20N6O. The highest BCUT2D eigenvalue weighted by Crippen LogP contribution is 2.23. The van der Waals surface area contributed by atoms with Gasteiger partial charge in [-0.25, -0.2) is 19.2 Å². The van der Waals surface area contributed by atoms with Crippen LogP contribution in [0, 0.1) is 13.8 Å². The predicted molar refractivity (Wildman–Crippen MR) is 99.2 cm³/mol. The maximum absolute atomic E-state index is 12.5. The van der Waals surface area contributed by atoms with Crippen LogP contribution in [0.1, 0.15) is 30.3 Å². The first-order valence-electron chi connectivity index (χ1n) is 8.58. The van der Waals surface area contributed by atoms with Gasteiger partial charge in [-0.05, 0) is 26.3 Å². The zero-order valence-electron chi connectivity index (χ0n) is 15.0. The molecule has 0 fully saturated rings. The zero-order chi connectivity index (χ0) is 18.3. The number of hydrogen-bond acceptors (Lipinski definition) is 4. The van der Waals surface area contributed by atoms with E-state index in [1.54, 1.807) is 6.07 Å². The number of rotatable bonds is 4. The maximum Gasteiger partial charge on any atom is 0.272 e. The van der Waals surface area contributed by atoms with Crippen molar-refractivity contribution in [2.75, 3.05) is 0 Å². The molecule has 132 valence electrons. The molecule has 1 atom stereocenters. The van der Waals surface area contributed by atoms with Gasteiger partial charge in [0.05, 0.1) is 11.7 Å². The van der Waals surface area contributed by atoms with Crippen molar-refractivity contribution in [2.24, 2.45) is 0 Å². The van der Waals surface area contributed by atoms with Gasteiger partial charge in [-0.3, -0.25) is 9.89 Å². The second-order valence-corrected chi connectivity index (χ2v) is 6.50. The minimum atomic E-state index is -0.120. The van der Waals surface area contributed by atoms with Crippen LogP contribution in [0.25, 0.3) is 16.8 Å². The van der Waals surface area contributed by atoms with Gasteiger partial charge >= 0.3 is 0 Å². The minimum absolute atomic E-state index is 0.0599. The molecule has 7 heteroatoms. The van der Waals surface area contributed by atoms with E-state index in [0.717, 1.165) is 28.5 Å². The van der Waals surface area contributed by atoms with Gasteiger partial charge in [0.2, 0.25) is 0 Å². The number of H-pyrrole nitrogens is 1. The number of nitrogens with one attached hydrogen (secondary N) is 1. The fourth-order valence-corrected chi connectivity index (χ4v) is 3.31. The lowest BCUT2D eigenvalue weighted by Crippen LogP contribution is -2.18. The van der Waals surface area contributed by atoms with Crippen molar-refractivity contribution in [3.05, 3.63) is 70.3 Å². The largest absolute Gasteiger partial charge is 0.296 e. The molecule has 0 aliphatic heterocycles. The summed E-state index contributed by atoms with van der Waals surface area (Å²) in [5.41, 5.74) is 3.19. The molecule has 3 aromatic heterocycles. The Balaban J connectivity index is 1.75. The Morgan fingerprint density at radius 3 is 2.62 bits per heavy atom. The van der Waals surface area contributed by atoms with Gasteiger partial charge in [0.1, 0.15) is 11.6 Å². The van der Waals surface area contributed by atoms with E-state index in [1.165, 1.54) is 4.52 Å². The number of fused-ring (bicyclic) bond motifs is 1. The fourth-order valence-electron chi connectivity index (χ4n) is 3.31. The van der Waals surface area contributed by atoms with Gasteiger partial charge in [0.25, 0.3) is 5.56 Å². The maximum atomic E-state index is 12.5. The van der Waals surface area contributed by atoms with Gasteiger partial charge in [-0.2, -0.15) is 5.10 Å². The number of aromatic amines is 1. The summed E-state index contributed by atoms with van der Waals surface area (Å²) in [5, 5.41) is 7.43. The average Bonchev–Trinajstić information content (AvgIpc) is 3.19. The lowest BCUT2D eigenvalue weighted by atomic mass is 10.1. The first-order chi connectivity index (χ1) is 12.5. The standard InChI is InChI=1S/C19H20N6O/c1-12(24-14(3)21-13(2)23-24)9-16-10-18(26)25-19(22-16)17(11-20-25)15-7-5-4-6-8-15/h4-8,10-12,20H,9H2,1-3H3/t12-/m0/s1. The van der Waals surface area contributed by atoms with E-state index in [4.69, 9.17) is 4.98 Å². The van der Waals surface area contributed by atoms with E-state index >= 15 is 0 Å². The van der Waals surface area contributed by atoms with Gasteiger partial charge in [0, 0.05) is 24.2 Å². The Kier molecular flexibility index (Phi) is 3.91. The van der Waals surface area contributed by atoms with Crippen LogP contribution in [0.4, 0.5) is 0 Å². The molecular weight excluding hydrogens is 328 g/mol. The molecule has 4 aromatic rings. The van der Waals surface area contributed by atoms with Crippen molar-refractivity contribution in [3.63, 3.8) is 0 Å². The Labute approximate surface area is 150 Å². The number of aryl methyl sites for hydroxylation is 2. The Morgan fingerprint density at radius 1 is 1.15 bits per heavy atom. The molecule has 0 aliphatic rings. The van der Waals surface area contributed by atoms with Crippen LogP contribution >= 0.6 is 0 Å². The number of benzene rings is 1. The van der Waals surface area contributed by atoms with Crippen molar-refractivity contribution in [1.82, 2.24) is 29.4 Å². The summed E-state index contributed by atoms with van der Waals surface area (Å²) in [5.74, 6) is 1.61. The fraction of sp³-hybridized carbons (Fsp3) is 0.263. The Morgan fingerprint density at radius 2 is 1.92 bits per heavy atom. The summed E-state index contributed by atoms with van der Waals surface area (Å²) in [7, 11) is 0. The molecule has 3 heterocycles. The van der Waals surface area contributed by atoms with E-state index in [0.29, 0.717) is 12.1 Å². The summed E-state index contributed by atoms with van der Waals surface area (Å²) in [6, 6.07) is 11.6. The van der Waals surface area contributed by atoms with Crippen molar-refractivity contribution >= 4 is 5.65 Å². The Bertz CT molecular complexity index is 1120. The van der Waals surface area contributed by atoms with Gasteiger partial charge < -0.3 is 0 Å². The highest BCUT2D eigenvalue weighted by molar-refractivity contribution is 5.76. The van der Waals surface area contributed by atoms with Crippen LogP contribution in [-0.4, -0.2) is 29.4 Å². The van der Waals surface area contributed by atoms with Crippen LogP contribution in [0.3, 0.4) is 0 Å². The molecule has 0 amide bonds. The highest BCUT2D eigenvalue weighted by Gasteiger charge is 2.15. The van der Waals surface area contributed by atoms with Crippen LogP contribution in [0.15, 0.2) is 47.4 Å². The molecule has 1 N–H and O–H groups in total. The highest BCUT2D eigenvalue weighted by atomic mass is 16.1. The third-order valence-electron chi connectivity index (χ3n) is 4.47. The molecule has 0 unspecified atom stereocenters. The minimum Gasteiger partial charge on any atom is -0.296 e. The number of nitrogens with zero attached hydrogens (tertiary/aromatic N) is 5. The number of aromatic nitrogens is 6. The van der Waals surface area contributed by atoms with Crippen LogP contribution < -0.4 is 5.56 Å². The van der Waals surface area contributed by atoms with E-state index in [2.05, 4.69) is 22.1 Å². The van der Waals surface area contributed by atoms with E-state index < -0.39 is 0 Å². The van der Waals surface area contributed by atoms with Crippen LogP contribution in [0.2, 0.25) is 0 Å². The average molecular weight is 348 g/mol. The molecule has 0 radical (unpaired) electrons. The molecule has 0 bridgehead atoms. The zero-order valence-corrected chi connectivity index (χ0v) is 15.0.